The minimum atomic E-state index is -3.72. The number of pyridine rings is 1. The highest BCUT2D eigenvalue weighted by molar-refractivity contribution is 7.89. The fourth-order valence-corrected chi connectivity index (χ4v) is 5.38. The Kier molecular flexibility index (Phi) is 10.3. The number of likely N-dealkylation sites (N-methyl/N-ethyl adjacent to an activating group) is 1. The second-order valence-electron chi connectivity index (χ2n) is 7.79. The Bertz CT molecular complexity index is 1050. The summed E-state index contributed by atoms with van der Waals surface area (Å²) < 4.78 is 28.0. The average Bonchev–Trinajstić information content (AvgIpc) is 2.80. The molecule has 33 heavy (non-hydrogen) atoms. The number of benzene rings is 1. The topological polar surface area (TPSA) is 91.7 Å². The highest BCUT2D eigenvalue weighted by Crippen LogP contribution is 2.13. The van der Waals surface area contributed by atoms with Crippen molar-refractivity contribution in [3.63, 3.8) is 0 Å². The predicted octanol–water partition coefficient (Wildman–Crippen LogP) is 1.95. The molecule has 2 aromatic rings. The second kappa shape index (κ2) is 12.7. The lowest BCUT2D eigenvalue weighted by molar-refractivity contribution is -0.122. The van der Waals surface area contributed by atoms with Gasteiger partial charge in [-0.2, -0.15) is 4.31 Å². The molecule has 0 aliphatic heterocycles. The van der Waals surface area contributed by atoms with Crippen LogP contribution in [0.25, 0.3) is 0 Å². The van der Waals surface area contributed by atoms with E-state index in [-0.39, 0.29) is 23.4 Å². The van der Waals surface area contributed by atoms with Crippen LogP contribution in [0.3, 0.4) is 0 Å². The van der Waals surface area contributed by atoms with Gasteiger partial charge in [-0.05, 0) is 31.1 Å². The number of nitrogens with one attached hydrogen (secondary N) is 1. The van der Waals surface area contributed by atoms with E-state index in [2.05, 4.69) is 36.2 Å². The van der Waals surface area contributed by atoms with Crippen molar-refractivity contribution in [1.29, 1.82) is 0 Å². The number of aromatic nitrogens is 1. The standard InChI is InChI=1S/C24H36N4O4S/c1-5-26(6-2)21(16-20-12-10-9-11-13-20)17-25-23(29)19-27-18-22(14-15-24(27)30)33(31,32)28(7-3)8-4/h9-15,18,21H,5-8,16-17,19H2,1-4H3,(H,25,29). The van der Waals surface area contributed by atoms with Crippen LogP contribution in [-0.4, -0.2) is 66.9 Å². The van der Waals surface area contributed by atoms with E-state index in [0.29, 0.717) is 19.6 Å². The van der Waals surface area contributed by atoms with E-state index in [0.717, 1.165) is 24.1 Å². The smallest absolute Gasteiger partial charge is 0.251 e. The highest BCUT2D eigenvalue weighted by atomic mass is 32.2. The summed E-state index contributed by atoms with van der Waals surface area (Å²) in [6.45, 7) is 10.2. The maximum Gasteiger partial charge on any atom is 0.251 e. The summed E-state index contributed by atoms with van der Waals surface area (Å²) in [5.41, 5.74) is 0.766. The monoisotopic (exact) mass is 476 g/mol. The molecule has 0 saturated heterocycles. The van der Waals surface area contributed by atoms with E-state index in [9.17, 15) is 18.0 Å². The Balaban J connectivity index is 2.13. The van der Waals surface area contributed by atoms with Gasteiger partial charge in [0.1, 0.15) is 6.54 Å². The molecule has 0 aliphatic rings. The van der Waals surface area contributed by atoms with Gasteiger partial charge in [-0.1, -0.05) is 58.0 Å². The van der Waals surface area contributed by atoms with E-state index in [1.54, 1.807) is 13.8 Å². The lowest BCUT2D eigenvalue weighted by atomic mass is 10.0. The molecule has 1 aromatic carbocycles. The highest BCUT2D eigenvalue weighted by Gasteiger charge is 2.23. The first-order valence-corrected chi connectivity index (χ1v) is 13.0. The summed E-state index contributed by atoms with van der Waals surface area (Å²) in [5, 5.41) is 2.93. The van der Waals surface area contributed by atoms with Crippen LogP contribution in [0, 0.1) is 0 Å². The van der Waals surface area contributed by atoms with Crippen LogP contribution in [0.2, 0.25) is 0 Å². The van der Waals surface area contributed by atoms with Gasteiger partial charge in [0, 0.05) is 37.9 Å². The molecule has 2 rings (SSSR count). The largest absolute Gasteiger partial charge is 0.353 e. The summed E-state index contributed by atoms with van der Waals surface area (Å²) in [4.78, 5) is 27.3. The molecule has 1 unspecified atom stereocenters. The van der Waals surface area contributed by atoms with Crippen molar-refractivity contribution in [1.82, 2.24) is 19.1 Å². The molecule has 0 radical (unpaired) electrons. The van der Waals surface area contributed by atoms with Crippen LogP contribution in [0.1, 0.15) is 33.3 Å². The predicted molar refractivity (Wildman–Crippen MR) is 131 cm³/mol. The Morgan fingerprint density at radius 3 is 2.18 bits per heavy atom. The molecule has 1 atom stereocenters. The molecule has 0 aliphatic carbocycles. The zero-order valence-electron chi connectivity index (χ0n) is 20.0. The van der Waals surface area contributed by atoms with Gasteiger partial charge in [-0.3, -0.25) is 14.5 Å². The first-order chi connectivity index (χ1) is 15.8. The summed E-state index contributed by atoms with van der Waals surface area (Å²) >= 11 is 0. The number of hydrogen-bond donors (Lipinski definition) is 1. The van der Waals surface area contributed by atoms with Crippen LogP contribution >= 0.6 is 0 Å². The number of carbonyl (C=O) groups is 1. The maximum atomic E-state index is 12.8. The summed E-state index contributed by atoms with van der Waals surface area (Å²) in [5.74, 6) is -0.334. The number of sulfonamides is 1. The quantitative estimate of drug-likeness (QED) is 0.477. The van der Waals surface area contributed by atoms with Crippen LogP contribution in [0.4, 0.5) is 0 Å². The van der Waals surface area contributed by atoms with Crippen LogP contribution < -0.4 is 10.9 Å². The fourth-order valence-electron chi connectivity index (χ4n) is 3.90. The summed E-state index contributed by atoms with van der Waals surface area (Å²) in [7, 11) is -3.72. The molecule has 0 saturated carbocycles. The van der Waals surface area contributed by atoms with Crippen molar-refractivity contribution in [2.75, 3.05) is 32.7 Å². The zero-order valence-corrected chi connectivity index (χ0v) is 20.8. The lowest BCUT2D eigenvalue weighted by Crippen LogP contribution is -2.46. The van der Waals surface area contributed by atoms with Crippen molar-refractivity contribution < 1.29 is 13.2 Å². The molecule has 1 heterocycles. The van der Waals surface area contributed by atoms with Gasteiger partial charge in [0.2, 0.25) is 15.9 Å². The molecule has 0 fully saturated rings. The molecule has 0 spiro atoms. The van der Waals surface area contributed by atoms with Crippen LogP contribution in [0.15, 0.2) is 58.4 Å². The number of nitrogens with zero attached hydrogens (tertiary/aromatic N) is 3. The lowest BCUT2D eigenvalue weighted by Gasteiger charge is -2.30. The van der Waals surface area contributed by atoms with Crippen LogP contribution in [-0.2, 0) is 27.8 Å². The van der Waals surface area contributed by atoms with Crippen molar-refractivity contribution in [3.8, 4) is 0 Å². The van der Waals surface area contributed by atoms with Gasteiger partial charge in [-0.15, -0.1) is 0 Å². The minimum Gasteiger partial charge on any atom is -0.353 e. The molecular weight excluding hydrogens is 440 g/mol. The molecule has 1 aromatic heterocycles. The zero-order chi connectivity index (χ0) is 24.4. The first kappa shape index (κ1) is 26.8. The molecule has 0 bridgehead atoms. The van der Waals surface area contributed by atoms with Gasteiger partial charge < -0.3 is 9.88 Å². The van der Waals surface area contributed by atoms with Gasteiger partial charge in [0.05, 0.1) is 4.90 Å². The number of hydrogen-bond acceptors (Lipinski definition) is 5. The fraction of sp³-hybridized carbons (Fsp3) is 0.500. The number of amides is 1. The Hall–Kier alpha value is -2.49. The first-order valence-electron chi connectivity index (χ1n) is 11.5. The number of rotatable bonds is 13. The third kappa shape index (κ3) is 7.25. The molecule has 1 N–H and O–H groups in total. The third-order valence-electron chi connectivity index (χ3n) is 5.79. The molecule has 8 nitrogen and oxygen atoms in total. The SMILES string of the molecule is CCN(CC)C(CNC(=O)Cn1cc(S(=O)(=O)N(CC)CC)ccc1=O)Cc1ccccc1. The summed E-state index contributed by atoms with van der Waals surface area (Å²) in [6.07, 6.45) is 2.04. The molecule has 9 heteroatoms. The second-order valence-corrected chi connectivity index (χ2v) is 9.73. The van der Waals surface area contributed by atoms with Crippen LogP contribution in [0.5, 0.6) is 0 Å². The van der Waals surface area contributed by atoms with Gasteiger partial charge in [-0.25, -0.2) is 8.42 Å². The third-order valence-corrected chi connectivity index (χ3v) is 7.82. The van der Waals surface area contributed by atoms with Crippen molar-refractivity contribution in [2.45, 2.75) is 51.6 Å². The van der Waals surface area contributed by atoms with Gasteiger partial charge in [0.25, 0.3) is 5.56 Å². The normalized spacial score (nSPS) is 12.8. The van der Waals surface area contributed by atoms with Crippen molar-refractivity contribution in [3.05, 3.63) is 64.6 Å². The molecule has 182 valence electrons. The Morgan fingerprint density at radius 1 is 0.970 bits per heavy atom. The Morgan fingerprint density at radius 2 is 1.61 bits per heavy atom. The average molecular weight is 477 g/mol. The van der Waals surface area contributed by atoms with Gasteiger partial charge >= 0.3 is 0 Å². The molecular formula is C24H36N4O4S. The Labute approximate surface area is 197 Å². The van der Waals surface area contributed by atoms with Crippen molar-refractivity contribution >= 4 is 15.9 Å². The van der Waals surface area contributed by atoms with Crippen molar-refractivity contribution in [2.24, 2.45) is 0 Å². The van der Waals surface area contributed by atoms with E-state index < -0.39 is 15.6 Å². The van der Waals surface area contributed by atoms with E-state index in [4.69, 9.17) is 0 Å². The maximum absolute atomic E-state index is 12.8. The minimum absolute atomic E-state index is 0.00342. The van der Waals surface area contributed by atoms with E-state index in [1.807, 2.05) is 18.2 Å². The van der Waals surface area contributed by atoms with E-state index in [1.165, 1.54) is 28.2 Å². The van der Waals surface area contributed by atoms with Gasteiger partial charge in [0.15, 0.2) is 0 Å². The molecule has 1 amide bonds. The summed E-state index contributed by atoms with van der Waals surface area (Å²) in [6, 6.07) is 12.7. The number of carbonyl (C=O) groups excluding carboxylic acids is 1. The van der Waals surface area contributed by atoms with E-state index >= 15 is 0 Å².